The average molecular weight is 388 g/mol. The van der Waals surface area contributed by atoms with Crippen LogP contribution in [0.25, 0.3) is 16.8 Å². The number of para-hydroxylation sites is 1. The Labute approximate surface area is 167 Å². The lowest BCUT2D eigenvalue weighted by molar-refractivity contribution is -0.121. The molecule has 1 amide bonds. The molecule has 2 aromatic carbocycles. The molecule has 146 valence electrons. The second-order valence-electron chi connectivity index (χ2n) is 6.55. The molecule has 7 heteroatoms. The fraction of sp³-hybridized carbons (Fsp3) is 0.136. The van der Waals surface area contributed by atoms with Crippen LogP contribution < -0.4 is 15.6 Å². The summed E-state index contributed by atoms with van der Waals surface area (Å²) in [6.45, 7) is 0.251. The zero-order valence-electron chi connectivity index (χ0n) is 15.9. The van der Waals surface area contributed by atoms with Crippen LogP contribution in [0.2, 0.25) is 0 Å². The summed E-state index contributed by atoms with van der Waals surface area (Å²) in [4.78, 5) is 25.2. The summed E-state index contributed by atoms with van der Waals surface area (Å²) < 4.78 is 8.20. The lowest BCUT2D eigenvalue weighted by Crippen LogP contribution is -2.32. The van der Waals surface area contributed by atoms with Crippen LogP contribution in [0.3, 0.4) is 0 Å². The number of nitrogens with one attached hydrogen (secondary N) is 1. The van der Waals surface area contributed by atoms with E-state index in [1.165, 1.54) is 9.08 Å². The molecule has 0 aliphatic rings. The van der Waals surface area contributed by atoms with Gasteiger partial charge in [0.1, 0.15) is 17.8 Å². The maximum Gasteiger partial charge on any atom is 0.277 e. The van der Waals surface area contributed by atoms with Crippen molar-refractivity contribution < 1.29 is 9.53 Å². The highest BCUT2D eigenvalue weighted by molar-refractivity contribution is 5.76. The van der Waals surface area contributed by atoms with Crippen LogP contribution in [0.1, 0.15) is 5.56 Å². The number of benzene rings is 2. The summed E-state index contributed by atoms with van der Waals surface area (Å²) in [6.07, 6.45) is 3.25. The molecule has 7 nitrogen and oxygen atoms in total. The quantitative estimate of drug-likeness (QED) is 0.551. The number of carbonyl (C=O) groups is 1. The van der Waals surface area contributed by atoms with Crippen molar-refractivity contribution in [3.05, 3.63) is 89.0 Å². The Hall–Kier alpha value is -3.87. The topological polar surface area (TPSA) is 77.6 Å². The van der Waals surface area contributed by atoms with Gasteiger partial charge in [0, 0.05) is 30.1 Å². The van der Waals surface area contributed by atoms with Gasteiger partial charge in [0.15, 0.2) is 0 Å². The summed E-state index contributed by atoms with van der Waals surface area (Å²) >= 11 is 0. The minimum atomic E-state index is -0.269. The zero-order chi connectivity index (χ0) is 20.2. The number of nitrogens with zero attached hydrogens (tertiary/aromatic N) is 3. The first-order valence-corrected chi connectivity index (χ1v) is 9.18. The Balaban J connectivity index is 1.51. The molecular weight excluding hydrogens is 368 g/mol. The Morgan fingerprint density at radius 3 is 2.62 bits per heavy atom. The highest BCUT2D eigenvalue weighted by atomic mass is 16.5. The number of fused-ring (bicyclic) bond motifs is 1. The van der Waals surface area contributed by atoms with Gasteiger partial charge in [-0.25, -0.2) is 4.52 Å². The first-order chi connectivity index (χ1) is 14.2. The SMILES string of the molecule is COc1ccccc1CNC(=O)Cn1ccn2nc(-c3ccccc3)cc2c1=O. The van der Waals surface area contributed by atoms with E-state index in [1.54, 1.807) is 25.6 Å². The van der Waals surface area contributed by atoms with Gasteiger partial charge in [-0.1, -0.05) is 48.5 Å². The minimum Gasteiger partial charge on any atom is -0.496 e. The summed E-state index contributed by atoms with van der Waals surface area (Å²) in [7, 11) is 1.59. The number of methoxy groups -OCH3 is 1. The van der Waals surface area contributed by atoms with E-state index in [0.29, 0.717) is 23.5 Å². The fourth-order valence-corrected chi connectivity index (χ4v) is 3.15. The molecule has 1 N–H and O–H groups in total. The molecule has 0 radical (unpaired) electrons. The molecule has 0 spiro atoms. The maximum atomic E-state index is 12.8. The van der Waals surface area contributed by atoms with Crippen molar-refractivity contribution in [3.8, 4) is 17.0 Å². The molecule has 2 heterocycles. The van der Waals surface area contributed by atoms with Crippen LogP contribution in [0, 0.1) is 0 Å². The van der Waals surface area contributed by atoms with Gasteiger partial charge in [-0.3, -0.25) is 9.59 Å². The highest BCUT2D eigenvalue weighted by Gasteiger charge is 2.11. The monoisotopic (exact) mass is 388 g/mol. The normalized spacial score (nSPS) is 10.8. The predicted molar refractivity (Wildman–Crippen MR) is 110 cm³/mol. The first-order valence-electron chi connectivity index (χ1n) is 9.18. The van der Waals surface area contributed by atoms with Gasteiger partial charge in [-0.05, 0) is 12.1 Å². The lowest BCUT2D eigenvalue weighted by Gasteiger charge is -2.10. The van der Waals surface area contributed by atoms with Crippen LogP contribution in [0.4, 0.5) is 0 Å². The molecule has 0 saturated heterocycles. The molecule has 0 aliphatic heterocycles. The van der Waals surface area contributed by atoms with Gasteiger partial charge in [-0.15, -0.1) is 0 Å². The fourth-order valence-electron chi connectivity index (χ4n) is 3.15. The minimum absolute atomic E-state index is 0.0731. The van der Waals surface area contributed by atoms with Crippen molar-refractivity contribution in [3.63, 3.8) is 0 Å². The van der Waals surface area contributed by atoms with Gasteiger partial charge in [0.25, 0.3) is 5.56 Å². The third kappa shape index (κ3) is 3.89. The molecule has 29 heavy (non-hydrogen) atoms. The van der Waals surface area contributed by atoms with Gasteiger partial charge in [0.05, 0.1) is 12.8 Å². The van der Waals surface area contributed by atoms with Crippen molar-refractivity contribution in [2.45, 2.75) is 13.1 Å². The summed E-state index contributed by atoms with van der Waals surface area (Å²) in [5.41, 5.74) is 2.66. The molecule has 4 aromatic rings. The van der Waals surface area contributed by atoms with Crippen LogP contribution >= 0.6 is 0 Å². The molecule has 2 aromatic heterocycles. The van der Waals surface area contributed by atoms with Crippen LogP contribution in [-0.2, 0) is 17.9 Å². The van der Waals surface area contributed by atoms with Crippen LogP contribution in [0.15, 0.2) is 77.9 Å². The Kier molecular flexibility index (Phi) is 5.11. The van der Waals surface area contributed by atoms with Gasteiger partial charge in [-0.2, -0.15) is 5.10 Å². The second kappa shape index (κ2) is 8.02. The number of amides is 1. The molecule has 0 aliphatic carbocycles. The number of rotatable bonds is 6. The van der Waals surface area contributed by atoms with Gasteiger partial charge >= 0.3 is 0 Å². The van der Waals surface area contributed by atoms with E-state index in [9.17, 15) is 9.59 Å². The molecule has 0 unspecified atom stereocenters. The average Bonchev–Trinajstić information content (AvgIpc) is 3.20. The maximum absolute atomic E-state index is 12.8. The van der Waals surface area contributed by atoms with Crippen LogP contribution in [0.5, 0.6) is 5.75 Å². The number of aromatic nitrogens is 3. The molecule has 0 bridgehead atoms. The lowest BCUT2D eigenvalue weighted by atomic mass is 10.1. The van der Waals surface area contributed by atoms with Crippen molar-refractivity contribution in [2.75, 3.05) is 7.11 Å². The van der Waals surface area contributed by atoms with Gasteiger partial charge < -0.3 is 14.6 Å². The van der Waals surface area contributed by atoms with Crippen LogP contribution in [-0.4, -0.2) is 27.2 Å². The summed E-state index contributed by atoms with van der Waals surface area (Å²) in [5, 5.41) is 7.28. The predicted octanol–water partition coefficient (Wildman–Crippen LogP) is 2.49. The zero-order valence-corrected chi connectivity index (χ0v) is 15.9. The number of hydrogen-bond donors (Lipinski definition) is 1. The molecule has 4 rings (SSSR count). The van der Waals surface area contributed by atoms with Crippen molar-refractivity contribution in [2.24, 2.45) is 0 Å². The van der Waals surface area contributed by atoms with E-state index in [1.807, 2.05) is 54.6 Å². The summed E-state index contributed by atoms with van der Waals surface area (Å²) in [5.74, 6) is 0.448. The van der Waals surface area contributed by atoms with Crippen molar-refractivity contribution in [1.29, 1.82) is 0 Å². The molecule has 0 fully saturated rings. The van der Waals surface area contributed by atoms with Crippen molar-refractivity contribution in [1.82, 2.24) is 19.5 Å². The number of carbonyl (C=O) groups excluding carboxylic acids is 1. The number of ether oxygens (including phenoxy) is 1. The van der Waals surface area contributed by atoms with E-state index in [-0.39, 0.29) is 18.0 Å². The molecular formula is C22H20N4O3. The Morgan fingerprint density at radius 2 is 1.83 bits per heavy atom. The highest BCUT2D eigenvalue weighted by Crippen LogP contribution is 2.18. The third-order valence-corrected chi connectivity index (χ3v) is 4.66. The van der Waals surface area contributed by atoms with Crippen molar-refractivity contribution >= 4 is 11.4 Å². The van der Waals surface area contributed by atoms with E-state index < -0.39 is 0 Å². The van der Waals surface area contributed by atoms with E-state index in [2.05, 4.69) is 10.4 Å². The Bertz CT molecular complexity index is 1210. The third-order valence-electron chi connectivity index (χ3n) is 4.66. The standard InChI is InChI=1S/C22H20N4O3/c1-29-20-10-6-5-9-17(20)14-23-21(27)15-25-11-12-26-19(22(25)28)13-18(24-26)16-7-3-2-4-8-16/h2-13H,14-15H2,1H3,(H,23,27). The van der Waals surface area contributed by atoms with E-state index >= 15 is 0 Å². The van der Waals surface area contributed by atoms with E-state index in [0.717, 1.165) is 11.1 Å². The molecule has 0 saturated carbocycles. The van der Waals surface area contributed by atoms with E-state index in [4.69, 9.17) is 4.74 Å². The second-order valence-corrected chi connectivity index (χ2v) is 6.55. The molecule has 0 atom stereocenters. The number of hydrogen-bond acceptors (Lipinski definition) is 4. The first kappa shape index (κ1) is 18.5. The summed E-state index contributed by atoms with van der Waals surface area (Å²) in [6, 6.07) is 18.8. The smallest absolute Gasteiger partial charge is 0.277 e. The largest absolute Gasteiger partial charge is 0.496 e. The van der Waals surface area contributed by atoms with Gasteiger partial charge in [0.2, 0.25) is 5.91 Å². The Morgan fingerprint density at radius 1 is 1.07 bits per heavy atom.